The summed E-state index contributed by atoms with van der Waals surface area (Å²) >= 11 is 0. The van der Waals surface area contributed by atoms with E-state index in [9.17, 15) is 37.7 Å². The van der Waals surface area contributed by atoms with Gasteiger partial charge in [0.2, 0.25) is 5.82 Å². The molecule has 2 heterocycles. The van der Waals surface area contributed by atoms with Gasteiger partial charge in [0.05, 0.1) is 6.20 Å². The number of aromatic amines is 1. The number of aromatic nitrogens is 2. The summed E-state index contributed by atoms with van der Waals surface area (Å²) in [6, 6.07) is 0. The molecule has 2 rings (SSSR count). The number of hydrogen-bond donors (Lipinski definition) is 6. The summed E-state index contributed by atoms with van der Waals surface area (Å²) in [5.74, 6) is -5.00. The second-order valence-corrected chi connectivity index (χ2v) is 8.02. The van der Waals surface area contributed by atoms with E-state index >= 15 is 0 Å². The molecule has 0 saturated carbocycles. The summed E-state index contributed by atoms with van der Waals surface area (Å²) in [4.78, 5) is 50.1. The molecule has 5 atom stereocenters. The van der Waals surface area contributed by atoms with Gasteiger partial charge in [0, 0.05) is 0 Å². The molecule has 1 aromatic heterocycles. The first kappa shape index (κ1) is 22.0. The Hall–Kier alpha value is -1.32. The molecule has 1 saturated heterocycles. The number of alkyl halides is 1. The van der Waals surface area contributed by atoms with Gasteiger partial charge in [-0.3, -0.25) is 18.9 Å². The number of ether oxygens (including phenoxy) is 1. The van der Waals surface area contributed by atoms with Crippen LogP contribution in [0.3, 0.4) is 0 Å². The molecule has 18 heteroatoms. The molecule has 0 spiro atoms. The van der Waals surface area contributed by atoms with E-state index in [1.165, 1.54) is 4.98 Å². The van der Waals surface area contributed by atoms with Gasteiger partial charge < -0.3 is 29.6 Å². The highest BCUT2D eigenvalue weighted by Gasteiger charge is 2.57. The zero-order valence-electron chi connectivity index (χ0n) is 12.7. The first-order chi connectivity index (χ1) is 12.2. The zero-order chi connectivity index (χ0) is 20.8. The summed E-state index contributed by atoms with van der Waals surface area (Å²) in [7, 11) is -11.0. The lowest BCUT2D eigenvalue weighted by Crippen LogP contribution is -2.43. The van der Waals surface area contributed by atoms with Crippen molar-refractivity contribution in [3.8, 4) is 0 Å². The zero-order valence-corrected chi connectivity index (χ0v) is 14.5. The van der Waals surface area contributed by atoms with Crippen molar-refractivity contribution < 1.29 is 56.4 Å². The largest absolute Gasteiger partial charge is 0.481 e. The van der Waals surface area contributed by atoms with Crippen LogP contribution >= 0.6 is 15.6 Å². The molecule has 6 N–H and O–H groups in total. The lowest BCUT2D eigenvalue weighted by atomic mass is 10.1. The van der Waals surface area contributed by atoms with Crippen molar-refractivity contribution in [3.63, 3.8) is 0 Å². The molecular weight excluding hydrogens is 428 g/mol. The molecule has 0 amide bonds. The van der Waals surface area contributed by atoms with Gasteiger partial charge >= 0.3 is 21.3 Å². The molecule has 0 aliphatic carbocycles. The molecule has 1 aromatic rings. The van der Waals surface area contributed by atoms with E-state index in [-0.39, 0.29) is 10.8 Å². The minimum atomic E-state index is -5.52. The standard InChI is InChI=1S/C9H12F2N2O12P2/c10-3-1-13(8(17)12-6(3)16)7-4(14)5(15)9(11,24-7)2-23-27(21,22)25-26(18,19)20/h1,4-5,7,14-15H,2H2,(H,21,22)(H,12,16,17)(H2,18,19,20)/t4-,5+,7-,9-/m1/s1. The molecular formula is C9H12F2N2O12P2. The van der Waals surface area contributed by atoms with Gasteiger partial charge in [0.25, 0.3) is 11.4 Å². The number of hydrogen-bond acceptors (Lipinski definition) is 9. The van der Waals surface area contributed by atoms with Gasteiger partial charge in [-0.1, -0.05) is 0 Å². The Labute approximate surface area is 146 Å². The number of rotatable bonds is 6. The van der Waals surface area contributed by atoms with Crippen LogP contribution in [0.4, 0.5) is 8.78 Å². The molecule has 27 heavy (non-hydrogen) atoms. The van der Waals surface area contributed by atoms with Crippen LogP contribution in [0, 0.1) is 5.82 Å². The van der Waals surface area contributed by atoms with E-state index in [1.807, 2.05) is 0 Å². The van der Waals surface area contributed by atoms with E-state index in [0.29, 0.717) is 0 Å². The SMILES string of the molecule is O=c1[nH]c(=O)n([C@@H]2O[C@](F)(COP(=O)(O)OP(=O)(O)O)[C@@H](O)[C@H]2O)cc1F. The third-order valence-corrected chi connectivity index (χ3v) is 5.34. The Balaban J connectivity index is 2.24. The Morgan fingerprint density at radius 3 is 2.44 bits per heavy atom. The first-order valence-corrected chi connectivity index (χ1v) is 9.66. The van der Waals surface area contributed by atoms with E-state index in [1.54, 1.807) is 0 Å². The fourth-order valence-corrected chi connectivity index (χ4v) is 3.67. The molecule has 154 valence electrons. The van der Waals surface area contributed by atoms with Gasteiger partial charge in [0.15, 0.2) is 6.23 Å². The van der Waals surface area contributed by atoms with Crippen LogP contribution in [0.5, 0.6) is 0 Å². The maximum Gasteiger partial charge on any atom is 0.481 e. The Kier molecular flexibility index (Phi) is 5.90. The topological polar surface area (TPSA) is 218 Å². The number of halogens is 2. The minimum Gasteiger partial charge on any atom is -0.385 e. The highest BCUT2D eigenvalue weighted by atomic mass is 31.3. The number of nitrogens with one attached hydrogen (secondary N) is 1. The van der Waals surface area contributed by atoms with Crippen molar-refractivity contribution in [2.24, 2.45) is 0 Å². The quantitative estimate of drug-likeness (QED) is 0.260. The average molecular weight is 440 g/mol. The van der Waals surface area contributed by atoms with Crippen molar-refractivity contribution in [3.05, 3.63) is 32.9 Å². The normalized spacial score (nSPS) is 31.0. The summed E-state index contributed by atoms with van der Waals surface area (Å²) in [5, 5.41) is 19.5. The van der Waals surface area contributed by atoms with E-state index in [2.05, 4.69) is 13.6 Å². The van der Waals surface area contributed by atoms with E-state index in [0.717, 1.165) is 0 Å². The van der Waals surface area contributed by atoms with Gasteiger partial charge in [-0.25, -0.2) is 18.3 Å². The summed E-state index contributed by atoms with van der Waals surface area (Å²) in [5.41, 5.74) is -2.77. The summed E-state index contributed by atoms with van der Waals surface area (Å²) in [6.07, 6.45) is -6.63. The fraction of sp³-hybridized carbons (Fsp3) is 0.556. The number of nitrogens with zero attached hydrogens (tertiary/aromatic N) is 1. The number of aliphatic hydroxyl groups excluding tert-OH is 2. The minimum absolute atomic E-state index is 0.191. The van der Waals surface area contributed by atoms with Crippen molar-refractivity contribution in [2.45, 2.75) is 24.3 Å². The summed E-state index contributed by atoms with van der Waals surface area (Å²) in [6.45, 7) is -1.70. The molecule has 14 nitrogen and oxygen atoms in total. The monoisotopic (exact) mass is 440 g/mol. The van der Waals surface area contributed by atoms with Gasteiger partial charge in [-0.15, -0.1) is 0 Å². The predicted molar refractivity (Wildman–Crippen MR) is 76.2 cm³/mol. The molecule has 0 aromatic carbocycles. The van der Waals surface area contributed by atoms with Crippen LogP contribution in [0.1, 0.15) is 6.23 Å². The molecule has 1 fully saturated rings. The Morgan fingerprint density at radius 1 is 1.30 bits per heavy atom. The van der Waals surface area contributed by atoms with Gasteiger partial charge in [0.1, 0.15) is 18.8 Å². The highest BCUT2D eigenvalue weighted by molar-refractivity contribution is 7.60. The second-order valence-electron chi connectivity index (χ2n) is 5.19. The van der Waals surface area contributed by atoms with E-state index < -0.39 is 63.6 Å². The van der Waals surface area contributed by atoms with Crippen LogP contribution < -0.4 is 11.2 Å². The number of phosphoric ester groups is 1. The maximum absolute atomic E-state index is 14.6. The maximum atomic E-state index is 14.6. The number of H-pyrrole nitrogens is 1. The van der Waals surface area contributed by atoms with Crippen molar-refractivity contribution in [1.82, 2.24) is 9.55 Å². The smallest absolute Gasteiger partial charge is 0.385 e. The lowest BCUT2D eigenvalue weighted by Gasteiger charge is -2.23. The van der Waals surface area contributed by atoms with Gasteiger partial charge in [-0.05, 0) is 0 Å². The number of aliphatic hydroxyl groups is 2. The lowest BCUT2D eigenvalue weighted by molar-refractivity contribution is -0.205. The summed E-state index contributed by atoms with van der Waals surface area (Å²) < 4.78 is 61.9. The van der Waals surface area contributed by atoms with Gasteiger partial charge in [-0.2, -0.15) is 8.70 Å². The van der Waals surface area contributed by atoms with Crippen LogP contribution in [0.15, 0.2) is 15.8 Å². The van der Waals surface area contributed by atoms with Crippen molar-refractivity contribution in [1.29, 1.82) is 0 Å². The van der Waals surface area contributed by atoms with Crippen LogP contribution in [0.2, 0.25) is 0 Å². The highest BCUT2D eigenvalue weighted by Crippen LogP contribution is 2.58. The van der Waals surface area contributed by atoms with Crippen molar-refractivity contribution >= 4 is 15.6 Å². The molecule has 1 aliphatic rings. The van der Waals surface area contributed by atoms with E-state index in [4.69, 9.17) is 14.7 Å². The molecule has 1 unspecified atom stereocenters. The second kappa shape index (κ2) is 7.25. The number of phosphoric acid groups is 2. The Morgan fingerprint density at radius 2 is 1.89 bits per heavy atom. The molecule has 1 aliphatic heterocycles. The third kappa shape index (κ3) is 4.94. The molecule has 0 bridgehead atoms. The predicted octanol–water partition coefficient (Wildman–Crippen LogP) is -2.18. The van der Waals surface area contributed by atoms with Crippen LogP contribution in [-0.2, 0) is 22.7 Å². The van der Waals surface area contributed by atoms with Crippen LogP contribution in [0.25, 0.3) is 0 Å². The van der Waals surface area contributed by atoms with Crippen molar-refractivity contribution in [2.75, 3.05) is 6.61 Å². The Bertz CT molecular complexity index is 928. The third-order valence-electron chi connectivity index (χ3n) is 3.21. The van der Waals surface area contributed by atoms with Crippen LogP contribution in [-0.4, -0.2) is 59.1 Å². The average Bonchev–Trinajstić information content (AvgIpc) is 2.72. The first-order valence-electron chi connectivity index (χ1n) is 6.63. The molecule has 0 radical (unpaired) electrons. The fourth-order valence-electron chi connectivity index (χ4n) is 2.07.